The minimum absolute atomic E-state index is 0. The SMILES string of the molecule is COc1ccc(OC/C(=N\O)C(C)C)cc1N.Cl. The van der Waals surface area contributed by atoms with Crippen LogP contribution in [-0.2, 0) is 0 Å². The normalized spacial score (nSPS) is 11.0. The number of anilines is 1. The van der Waals surface area contributed by atoms with Crippen molar-refractivity contribution in [1.29, 1.82) is 0 Å². The molecule has 0 unspecified atom stereocenters. The Morgan fingerprint density at radius 1 is 1.44 bits per heavy atom. The number of nitrogens with two attached hydrogens (primary N) is 1. The Labute approximate surface area is 113 Å². The number of hydrogen-bond acceptors (Lipinski definition) is 5. The van der Waals surface area contributed by atoms with Crippen LogP contribution in [-0.4, -0.2) is 24.6 Å². The predicted octanol–water partition coefficient (Wildman–Crippen LogP) is 2.56. The highest BCUT2D eigenvalue weighted by atomic mass is 35.5. The number of methoxy groups -OCH3 is 1. The Morgan fingerprint density at radius 3 is 2.56 bits per heavy atom. The second-order valence-corrected chi connectivity index (χ2v) is 3.94. The molecule has 1 aromatic rings. The summed E-state index contributed by atoms with van der Waals surface area (Å²) in [5, 5.41) is 12.0. The maximum Gasteiger partial charge on any atom is 0.142 e. The molecule has 6 heteroatoms. The maximum atomic E-state index is 8.77. The molecule has 0 spiro atoms. The Hall–Kier alpha value is -1.62. The zero-order valence-corrected chi connectivity index (χ0v) is 11.5. The summed E-state index contributed by atoms with van der Waals surface area (Å²) in [6, 6.07) is 5.16. The molecule has 102 valence electrons. The first-order valence-electron chi connectivity index (χ1n) is 5.35. The van der Waals surface area contributed by atoms with Crippen LogP contribution in [0.3, 0.4) is 0 Å². The molecule has 0 aliphatic rings. The van der Waals surface area contributed by atoms with Crippen LogP contribution in [0.25, 0.3) is 0 Å². The van der Waals surface area contributed by atoms with Gasteiger partial charge in [-0.1, -0.05) is 19.0 Å². The van der Waals surface area contributed by atoms with Gasteiger partial charge < -0.3 is 20.4 Å². The molecule has 0 aromatic heterocycles. The molecule has 0 saturated carbocycles. The van der Waals surface area contributed by atoms with Gasteiger partial charge in [0, 0.05) is 6.07 Å². The number of nitrogen functional groups attached to an aromatic ring is 1. The lowest BCUT2D eigenvalue weighted by molar-refractivity contribution is 0.302. The van der Waals surface area contributed by atoms with Crippen molar-refractivity contribution in [3.63, 3.8) is 0 Å². The molecule has 0 aliphatic carbocycles. The number of ether oxygens (including phenoxy) is 2. The summed E-state index contributed by atoms with van der Waals surface area (Å²) in [5.74, 6) is 1.36. The molecule has 1 rings (SSSR count). The van der Waals surface area contributed by atoms with Crippen LogP contribution in [0.4, 0.5) is 5.69 Å². The molecule has 18 heavy (non-hydrogen) atoms. The van der Waals surface area contributed by atoms with Crippen molar-refractivity contribution in [2.24, 2.45) is 11.1 Å². The lowest BCUT2D eigenvalue weighted by atomic mass is 10.1. The van der Waals surface area contributed by atoms with Gasteiger partial charge in [0.05, 0.1) is 18.5 Å². The average Bonchev–Trinajstić information content (AvgIpc) is 2.29. The van der Waals surface area contributed by atoms with Gasteiger partial charge in [-0.05, 0) is 18.1 Å². The molecular formula is C12H19ClN2O3. The number of hydrogen-bond donors (Lipinski definition) is 2. The molecular weight excluding hydrogens is 256 g/mol. The summed E-state index contributed by atoms with van der Waals surface area (Å²) in [7, 11) is 1.56. The van der Waals surface area contributed by atoms with Gasteiger partial charge in [-0.15, -0.1) is 12.4 Å². The summed E-state index contributed by atoms with van der Waals surface area (Å²) in [5.41, 5.74) is 6.84. The summed E-state index contributed by atoms with van der Waals surface area (Å²) < 4.78 is 10.5. The molecule has 1 aromatic carbocycles. The van der Waals surface area contributed by atoms with E-state index in [1.165, 1.54) is 0 Å². The summed E-state index contributed by atoms with van der Waals surface area (Å²) in [6.45, 7) is 4.10. The first-order valence-corrected chi connectivity index (χ1v) is 5.35. The molecule has 0 bridgehead atoms. The van der Waals surface area contributed by atoms with Crippen molar-refractivity contribution in [2.75, 3.05) is 19.5 Å². The Bertz CT molecular complexity index is 408. The van der Waals surface area contributed by atoms with E-state index in [1.54, 1.807) is 25.3 Å². The minimum Gasteiger partial charge on any atom is -0.495 e. The average molecular weight is 275 g/mol. The topological polar surface area (TPSA) is 77.1 Å². The van der Waals surface area contributed by atoms with Crippen LogP contribution in [0.15, 0.2) is 23.4 Å². The van der Waals surface area contributed by atoms with Gasteiger partial charge in [0.25, 0.3) is 0 Å². The number of benzene rings is 1. The van der Waals surface area contributed by atoms with Crippen molar-refractivity contribution in [2.45, 2.75) is 13.8 Å². The van der Waals surface area contributed by atoms with Crippen molar-refractivity contribution < 1.29 is 14.7 Å². The van der Waals surface area contributed by atoms with Crippen LogP contribution in [0.1, 0.15) is 13.8 Å². The van der Waals surface area contributed by atoms with Crippen LogP contribution >= 0.6 is 12.4 Å². The van der Waals surface area contributed by atoms with Gasteiger partial charge in [0.15, 0.2) is 0 Å². The van der Waals surface area contributed by atoms with Crippen LogP contribution in [0.2, 0.25) is 0 Å². The molecule has 0 fully saturated rings. The molecule has 5 nitrogen and oxygen atoms in total. The van der Waals surface area contributed by atoms with E-state index in [9.17, 15) is 0 Å². The third-order valence-corrected chi connectivity index (χ3v) is 2.38. The quantitative estimate of drug-likeness (QED) is 0.374. The summed E-state index contributed by atoms with van der Waals surface area (Å²) in [6.07, 6.45) is 0. The predicted molar refractivity (Wildman–Crippen MR) is 74.2 cm³/mol. The monoisotopic (exact) mass is 274 g/mol. The minimum atomic E-state index is 0. The van der Waals surface area contributed by atoms with Gasteiger partial charge >= 0.3 is 0 Å². The van der Waals surface area contributed by atoms with E-state index >= 15 is 0 Å². The van der Waals surface area contributed by atoms with E-state index in [0.717, 1.165) is 0 Å². The van der Waals surface area contributed by atoms with E-state index < -0.39 is 0 Å². The smallest absolute Gasteiger partial charge is 0.142 e. The highest BCUT2D eigenvalue weighted by Crippen LogP contribution is 2.25. The van der Waals surface area contributed by atoms with Crippen LogP contribution in [0.5, 0.6) is 11.5 Å². The third-order valence-electron chi connectivity index (χ3n) is 2.38. The maximum absolute atomic E-state index is 8.77. The van der Waals surface area contributed by atoms with Gasteiger partial charge in [0.2, 0.25) is 0 Å². The first kappa shape index (κ1) is 16.4. The van der Waals surface area contributed by atoms with E-state index in [1.807, 2.05) is 13.8 Å². The molecule has 0 amide bonds. The van der Waals surface area contributed by atoms with Crippen molar-refractivity contribution in [3.05, 3.63) is 18.2 Å². The summed E-state index contributed by atoms with van der Waals surface area (Å²) >= 11 is 0. The van der Waals surface area contributed by atoms with Crippen LogP contribution in [0, 0.1) is 5.92 Å². The summed E-state index contributed by atoms with van der Waals surface area (Å²) in [4.78, 5) is 0. The lowest BCUT2D eigenvalue weighted by Gasteiger charge is -2.11. The van der Waals surface area contributed by atoms with Crippen molar-refractivity contribution in [1.82, 2.24) is 0 Å². The fourth-order valence-electron chi connectivity index (χ4n) is 1.27. The fourth-order valence-corrected chi connectivity index (χ4v) is 1.27. The van der Waals surface area contributed by atoms with Crippen molar-refractivity contribution in [3.8, 4) is 11.5 Å². The zero-order valence-electron chi connectivity index (χ0n) is 10.7. The molecule has 0 radical (unpaired) electrons. The van der Waals surface area contributed by atoms with Crippen molar-refractivity contribution >= 4 is 23.8 Å². The highest BCUT2D eigenvalue weighted by molar-refractivity contribution is 5.87. The van der Waals surface area contributed by atoms with Gasteiger partial charge in [-0.25, -0.2) is 0 Å². The zero-order chi connectivity index (χ0) is 12.8. The first-order chi connectivity index (χ1) is 8.08. The second-order valence-electron chi connectivity index (χ2n) is 3.94. The fraction of sp³-hybridized carbons (Fsp3) is 0.417. The van der Waals surface area contributed by atoms with E-state index in [-0.39, 0.29) is 24.9 Å². The number of rotatable bonds is 5. The molecule has 0 saturated heterocycles. The standard InChI is InChI=1S/C12H18N2O3.ClH/c1-8(2)11(14-15)7-17-9-4-5-12(16-3)10(13)6-9;/h4-6,8,15H,7,13H2,1-3H3;1H/b14-11+;. The molecule has 3 N–H and O–H groups in total. The van der Waals surface area contributed by atoms with E-state index in [2.05, 4.69) is 5.16 Å². The van der Waals surface area contributed by atoms with Gasteiger partial charge in [0.1, 0.15) is 18.1 Å². The largest absolute Gasteiger partial charge is 0.495 e. The number of nitrogens with zero attached hydrogens (tertiary/aromatic N) is 1. The highest BCUT2D eigenvalue weighted by Gasteiger charge is 2.08. The Balaban J connectivity index is 0.00000289. The number of oxime groups is 1. The molecule has 0 atom stereocenters. The molecule has 0 aliphatic heterocycles. The third kappa shape index (κ3) is 4.33. The second kappa shape index (κ2) is 7.66. The van der Waals surface area contributed by atoms with E-state index in [0.29, 0.717) is 22.9 Å². The van der Waals surface area contributed by atoms with E-state index in [4.69, 9.17) is 20.4 Å². The lowest BCUT2D eigenvalue weighted by Crippen LogP contribution is -2.17. The molecule has 0 heterocycles. The number of halogens is 1. The van der Waals surface area contributed by atoms with Crippen LogP contribution < -0.4 is 15.2 Å². The Kier molecular flexibility index (Phi) is 6.97. The van der Waals surface area contributed by atoms with Gasteiger partial charge in [-0.3, -0.25) is 0 Å². The Morgan fingerprint density at radius 2 is 2.11 bits per heavy atom. The van der Waals surface area contributed by atoms with Gasteiger partial charge in [-0.2, -0.15) is 0 Å².